The first kappa shape index (κ1) is 9.52. The van der Waals surface area contributed by atoms with Gasteiger partial charge in [-0.25, -0.2) is 0 Å². The average Bonchev–Trinajstić information content (AvgIpc) is 2.30. The molecular formula is C9H19BN2+. The van der Waals surface area contributed by atoms with Gasteiger partial charge in [0, 0.05) is 0 Å². The van der Waals surface area contributed by atoms with Crippen LogP contribution in [-0.2, 0) is 0 Å². The standard InChI is InChI=1S/C9H19BN2/c1-7(2)11-5-6-12(8(3)4)9(11)10/h5-8H,1-4,10H3/q+1. The van der Waals surface area contributed by atoms with Crippen LogP contribution in [0.4, 0.5) is 0 Å². The van der Waals surface area contributed by atoms with E-state index in [1.54, 1.807) is 5.73 Å². The number of hydrogen-bond donors (Lipinski definition) is 0. The summed E-state index contributed by atoms with van der Waals surface area (Å²) in [7, 11) is 0.284. The Morgan fingerprint density at radius 1 is 1.08 bits per heavy atom. The summed E-state index contributed by atoms with van der Waals surface area (Å²) in [5.41, 5.74) is 1.58. The Hall–Kier alpha value is -0.565. The lowest BCUT2D eigenvalue weighted by molar-refractivity contribution is -0.487. The van der Waals surface area contributed by atoms with Crippen molar-refractivity contribution in [1.82, 2.24) is 4.90 Å². The maximum atomic E-state index is 2.40. The fourth-order valence-corrected chi connectivity index (χ4v) is 0.919. The zero-order chi connectivity index (χ0) is 9.30. The summed E-state index contributed by atoms with van der Waals surface area (Å²) in [5, 5.41) is 0. The molecule has 0 unspecified atom stereocenters. The van der Waals surface area contributed by atoms with Crippen molar-refractivity contribution < 1.29 is 4.58 Å². The highest BCUT2D eigenvalue weighted by atomic mass is 15.3. The molecule has 0 fully saturated rings. The van der Waals surface area contributed by atoms with Crippen molar-refractivity contribution in [2.24, 2.45) is 0 Å². The molecule has 1 heterocycles. The van der Waals surface area contributed by atoms with Crippen molar-refractivity contribution in [3.63, 3.8) is 0 Å². The topological polar surface area (TPSA) is 8.91 Å². The highest BCUT2D eigenvalue weighted by Gasteiger charge is 2.30. The number of nitrogens with zero attached hydrogens (tertiary/aromatic N) is 2. The second-order valence-electron chi connectivity index (χ2n) is 3.40. The quantitative estimate of drug-likeness (QED) is 0.408. The summed E-state index contributed by atoms with van der Waals surface area (Å²) in [5.74, 6) is 0. The lowest BCUT2D eigenvalue weighted by Gasteiger charge is -2.08. The molecule has 3 heteroatoms. The van der Waals surface area contributed by atoms with Gasteiger partial charge in [0.25, 0.3) is 0 Å². The van der Waals surface area contributed by atoms with Gasteiger partial charge in [0.05, 0.1) is 0 Å². The second-order valence-corrected chi connectivity index (χ2v) is 3.40. The first-order valence-corrected chi connectivity index (χ1v) is 4.12. The van der Waals surface area contributed by atoms with Crippen LogP contribution < -0.4 is 4.90 Å². The van der Waals surface area contributed by atoms with E-state index in [4.69, 9.17) is 0 Å². The van der Waals surface area contributed by atoms with Gasteiger partial charge < -0.3 is 0 Å². The number of hydrogen-bond acceptors (Lipinski definition) is 1. The van der Waals surface area contributed by atoms with Crippen LogP contribution in [0.1, 0.15) is 27.7 Å². The summed E-state index contributed by atoms with van der Waals surface area (Å²) in [4.78, 5) is 2.40. The van der Waals surface area contributed by atoms with Gasteiger partial charge in [-0.15, -0.1) is 0 Å². The van der Waals surface area contributed by atoms with E-state index < -0.39 is 0 Å². The van der Waals surface area contributed by atoms with Gasteiger partial charge in [-0.05, 0) is 27.7 Å². The molecule has 0 N–H and O–H groups in total. The molecule has 0 saturated heterocycles. The first-order valence-electron chi connectivity index (χ1n) is 4.12. The van der Waals surface area contributed by atoms with Gasteiger partial charge in [-0.3, -0.25) is 0 Å². The van der Waals surface area contributed by atoms with Crippen molar-refractivity contribution in [3.8, 4) is 0 Å². The molecule has 1 aliphatic rings. The Morgan fingerprint density at radius 3 is 1.92 bits per heavy atom. The van der Waals surface area contributed by atoms with E-state index in [0.717, 1.165) is 0 Å². The third-order valence-corrected chi connectivity index (χ3v) is 1.73. The van der Waals surface area contributed by atoms with E-state index in [9.17, 15) is 0 Å². The van der Waals surface area contributed by atoms with Crippen molar-refractivity contribution >= 4 is 13.6 Å². The Morgan fingerprint density at radius 2 is 1.67 bits per heavy atom. The van der Waals surface area contributed by atoms with E-state index in [1.165, 1.54) is 0 Å². The Balaban J connectivity index is 2.85. The molecule has 1 radical (unpaired) electrons. The van der Waals surface area contributed by atoms with Gasteiger partial charge in [0.15, 0.2) is 11.8 Å². The molecule has 0 aliphatic carbocycles. The minimum absolute atomic E-state index is 0.284. The molecule has 0 bridgehead atoms. The molecule has 0 aromatic heterocycles. The molecule has 0 saturated carbocycles. The number of amidine groups is 1. The van der Waals surface area contributed by atoms with Crippen LogP contribution >= 0.6 is 0 Å². The van der Waals surface area contributed by atoms with Crippen molar-refractivity contribution in [1.29, 1.82) is 0 Å². The summed E-state index contributed by atoms with van der Waals surface area (Å²) < 4.78 is 2.40. The maximum absolute atomic E-state index is 2.40. The molecule has 0 aromatic carbocycles. The van der Waals surface area contributed by atoms with Gasteiger partial charge in [0.1, 0.15) is 13.9 Å². The van der Waals surface area contributed by atoms with Gasteiger partial charge in [-0.1, -0.05) is 4.90 Å². The molecule has 1 rings (SSSR count). The van der Waals surface area contributed by atoms with Crippen LogP contribution in [0.15, 0.2) is 12.4 Å². The Kier molecular flexibility index (Phi) is 2.73. The first-order chi connectivity index (χ1) is 5.54. The largest absolute Gasteiger partial charge is 0.229 e. The minimum Gasteiger partial charge on any atom is -0.184 e. The van der Waals surface area contributed by atoms with Crippen LogP contribution in [0.5, 0.6) is 0 Å². The number of rotatable bonds is 2. The van der Waals surface area contributed by atoms with Crippen molar-refractivity contribution in [3.05, 3.63) is 12.4 Å². The predicted molar refractivity (Wildman–Crippen MR) is 56.8 cm³/mol. The zero-order valence-electron chi connectivity index (χ0n) is 7.70. The Bertz CT molecular complexity index is 229. The van der Waals surface area contributed by atoms with Crippen LogP contribution in [0.2, 0.25) is 0 Å². The zero-order valence-corrected chi connectivity index (χ0v) is 7.70. The molecule has 0 spiro atoms. The van der Waals surface area contributed by atoms with E-state index in [1.807, 2.05) is 0 Å². The van der Waals surface area contributed by atoms with E-state index in [2.05, 4.69) is 49.6 Å². The van der Waals surface area contributed by atoms with E-state index >= 15 is 0 Å². The molecule has 0 amide bonds. The molecule has 0 aromatic rings. The maximum Gasteiger partial charge on any atom is 0.229 e. The van der Waals surface area contributed by atoms with Crippen molar-refractivity contribution in [2.75, 3.05) is 0 Å². The highest BCUT2D eigenvalue weighted by molar-refractivity contribution is 6.58. The van der Waals surface area contributed by atoms with Crippen LogP contribution in [0, 0.1) is 0 Å². The summed E-state index contributed by atoms with van der Waals surface area (Å²) in [6.45, 7) is 8.98. The SMILES string of the molecule is [BH3-]C1=[N+](C(C)C)C=C[N+]1C(C)C. The highest BCUT2D eigenvalue weighted by Crippen LogP contribution is 2.05. The minimum atomic E-state index is 0.284. The second kappa shape index (κ2) is 3.44. The summed E-state index contributed by atoms with van der Waals surface area (Å²) >= 11 is 0. The molecule has 0 atom stereocenters. The fourth-order valence-electron chi connectivity index (χ4n) is 0.919. The summed E-state index contributed by atoms with van der Waals surface area (Å²) in [6.07, 6.45) is 4.43. The van der Waals surface area contributed by atoms with Crippen LogP contribution in [-0.4, -0.2) is 30.2 Å². The summed E-state index contributed by atoms with van der Waals surface area (Å²) in [6, 6.07) is 1.25. The van der Waals surface area contributed by atoms with E-state index in [0.29, 0.717) is 12.1 Å². The molecule has 12 heavy (non-hydrogen) atoms. The predicted octanol–water partition coefficient (Wildman–Crippen LogP) is 0.162. The van der Waals surface area contributed by atoms with Gasteiger partial charge >= 0.3 is 0 Å². The molecule has 1 aliphatic heterocycles. The Labute approximate surface area is 76.0 Å². The van der Waals surface area contributed by atoms with Gasteiger partial charge in [-0.2, -0.15) is 4.58 Å². The molecule has 67 valence electrons. The third-order valence-electron chi connectivity index (χ3n) is 1.73. The van der Waals surface area contributed by atoms with Crippen LogP contribution in [0.25, 0.3) is 0 Å². The fraction of sp³-hybridized carbons (Fsp3) is 0.667. The average molecular weight is 166 g/mol. The molecule has 2 nitrogen and oxygen atoms in total. The third kappa shape index (κ3) is 1.61. The lowest BCUT2D eigenvalue weighted by Crippen LogP contribution is -2.40. The smallest absolute Gasteiger partial charge is 0.184 e. The van der Waals surface area contributed by atoms with Crippen molar-refractivity contribution in [2.45, 2.75) is 39.8 Å². The van der Waals surface area contributed by atoms with Crippen LogP contribution in [0.3, 0.4) is 0 Å². The lowest BCUT2D eigenvalue weighted by atomic mass is 10.1. The van der Waals surface area contributed by atoms with E-state index in [-0.39, 0.29) is 7.85 Å². The monoisotopic (exact) mass is 166 g/mol. The molecular weight excluding hydrogens is 147 g/mol. The van der Waals surface area contributed by atoms with Gasteiger partial charge in [0.2, 0.25) is 12.4 Å². The normalized spacial score (nSPS) is 18.9.